The van der Waals surface area contributed by atoms with E-state index in [2.05, 4.69) is 5.10 Å². The van der Waals surface area contributed by atoms with Crippen LogP contribution in [-0.2, 0) is 13.2 Å². The number of nitro groups is 1. The van der Waals surface area contributed by atoms with E-state index in [9.17, 15) is 23.3 Å². The van der Waals surface area contributed by atoms with Crippen molar-refractivity contribution < 1.29 is 18.1 Å². The Bertz CT molecular complexity index is 408. The molecule has 0 aliphatic heterocycles. The van der Waals surface area contributed by atoms with Crippen LogP contribution in [0.5, 0.6) is 0 Å². The summed E-state index contributed by atoms with van der Waals surface area (Å²) in [7, 11) is 1.12. The van der Waals surface area contributed by atoms with E-state index in [1.807, 2.05) is 0 Å². The Labute approximate surface area is 82.0 Å². The molecule has 0 saturated carbocycles. The third-order valence-electron chi connectivity index (χ3n) is 1.61. The van der Waals surface area contributed by atoms with Crippen LogP contribution < -0.4 is 0 Å². The second-order valence-corrected chi connectivity index (χ2v) is 2.67. The van der Waals surface area contributed by atoms with Gasteiger partial charge in [-0.25, -0.2) is 0 Å². The molecule has 0 aromatic carbocycles. The fraction of sp³-hybridized carbons (Fsp3) is 0.286. The van der Waals surface area contributed by atoms with Crippen molar-refractivity contribution in [3.63, 3.8) is 0 Å². The van der Waals surface area contributed by atoms with Crippen molar-refractivity contribution >= 4 is 6.08 Å². The lowest BCUT2D eigenvalue weighted by molar-refractivity contribution is -0.400. The third-order valence-corrected chi connectivity index (χ3v) is 1.61. The number of aromatic nitrogens is 2. The summed E-state index contributed by atoms with van der Waals surface area (Å²) < 4.78 is 37.8. The van der Waals surface area contributed by atoms with Gasteiger partial charge in [0.15, 0.2) is 0 Å². The number of hydrogen-bond donors (Lipinski definition) is 0. The first-order chi connectivity index (χ1) is 6.82. The van der Waals surface area contributed by atoms with Crippen LogP contribution in [0, 0.1) is 10.1 Å². The van der Waals surface area contributed by atoms with Crippen LogP contribution in [0.2, 0.25) is 0 Å². The summed E-state index contributed by atoms with van der Waals surface area (Å²) >= 11 is 0. The van der Waals surface area contributed by atoms with Crippen LogP contribution in [-0.4, -0.2) is 14.7 Å². The number of nitrogens with zero attached hydrogens (tertiary/aromatic N) is 3. The van der Waals surface area contributed by atoms with Crippen LogP contribution in [0.25, 0.3) is 6.08 Å². The molecular formula is C7H6F3N3O2. The molecule has 0 aliphatic carbocycles. The predicted octanol–water partition coefficient (Wildman–Crippen LogP) is 1.69. The maximum absolute atomic E-state index is 12.4. The topological polar surface area (TPSA) is 61.0 Å². The van der Waals surface area contributed by atoms with E-state index in [-0.39, 0.29) is 5.56 Å². The van der Waals surface area contributed by atoms with E-state index >= 15 is 0 Å². The van der Waals surface area contributed by atoms with Crippen molar-refractivity contribution in [2.24, 2.45) is 7.05 Å². The number of rotatable bonds is 2. The quantitative estimate of drug-likeness (QED) is 0.563. The zero-order valence-corrected chi connectivity index (χ0v) is 7.52. The Morgan fingerprint density at radius 2 is 2.20 bits per heavy atom. The predicted molar refractivity (Wildman–Crippen MR) is 44.2 cm³/mol. The van der Waals surface area contributed by atoms with Gasteiger partial charge in [0, 0.05) is 18.7 Å². The summed E-state index contributed by atoms with van der Waals surface area (Å²) in [5, 5.41) is 13.3. The number of halogens is 3. The first-order valence-electron chi connectivity index (χ1n) is 3.73. The van der Waals surface area contributed by atoms with Gasteiger partial charge in [-0.3, -0.25) is 14.8 Å². The second-order valence-electron chi connectivity index (χ2n) is 2.67. The average molecular weight is 221 g/mol. The standard InChI is InChI=1S/C7H6F3N3O2/c1-12-6(7(8,9)10)5(4-11-12)2-3-13(14)15/h2-4H,1H3/b3-2+. The molecule has 0 amide bonds. The molecule has 8 heteroatoms. The van der Waals surface area contributed by atoms with E-state index in [1.165, 1.54) is 0 Å². The summed E-state index contributed by atoms with van der Waals surface area (Å²) in [4.78, 5) is 9.11. The Morgan fingerprint density at radius 1 is 1.60 bits per heavy atom. The Balaban J connectivity index is 3.15. The van der Waals surface area contributed by atoms with Crippen LogP contribution >= 0.6 is 0 Å². The zero-order valence-electron chi connectivity index (χ0n) is 7.52. The van der Waals surface area contributed by atoms with E-state index in [4.69, 9.17) is 0 Å². The van der Waals surface area contributed by atoms with Gasteiger partial charge in [-0.1, -0.05) is 0 Å². The normalized spacial score (nSPS) is 12.3. The summed E-state index contributed by atoms with van der Waals surface area (Å²) in [6, 6.07) is 0. The lowest BCUT2D eigenvalue weighted by Crippen LogP contribution is -2.13. The number of hydrogen-bond acceptors (Lipinski definition) is 3. The summed E-state index contributed by atoms with van der Waals surface area (Å²) in [5.41, 5.74) is -1.35. The molecule has 0 radical (unpaired) electrons. The molecule has 0 N–H and O–H groups in total. The van der Waals surface area contributed by atoms with Crippen LogP contribution in [0.1, 0.15) is 11.3 Å². The van der Waals surface area contributed by atoms with Gasteiger partial charge in [0.05, 0.1) is 11.1 Å². The van der Waals surface area contributed by atoms with Crippen molar-refractivity contribution in [2.75, 3.05) is 0 Å². The van der Waals surface area contributed by atoms with E-state index < -0.39 is 16.8 Å². The molecule has 0 fully saturated rings. The summed E-state index contributed by atoms with van der Waals surface area (Å²) in [5.74, 6) is 0. The molecule has 0 bridgehead atoms. The average Bonchev–Trinajstić information content (AvgIpc) is 2.42. The number of aryl methyl sites for hydroxylation is 1. The molecule has 0 saturated heterocycles. The third kappa shape index (κ3) is 2.55. The van der Waals surface area contributed by atoms with Gasteiger partial charge in [-0.15, -0.1) is 0 Å². The van der Waals surface area contributed by atoms with Crippen LogP contribution in [0.4, 0.5) is 13.2 Å². The maximum Gasteiger partial charge on any atom is 0.433 e. The lowest BCUT2D eigenvalue weighted by Gasteiger charge is -2.07. The first kappa shape index (κ1) is 11.2. The van der Waals surface area contributed by atoms with Gasteiger partial charge < -0.3 is 0 Å². The molecule has 82 valence electrons. The van der Waals surface area contributed by atoms with E-state index in [0.29, 0.717) is 10.9 Å². The molecule has 5 nitrogen and oxygen atoms in total. The highest BCUT2D eigenvalue weighted by Gasteiger charge is 2.36. The van der Waals surface area contributed by atoms with Crippen molar-refractivity contribution in [1.82, 2.24) is 9.78 Å². The maximum atomic E-state index is 12.4. The molecule has 1 aromatic heterocycles. The van der Waals surface area contributed by atoms with Gasteiger partial charge in [0.1, 0.15) is 5.69 Å². The molecular weight excluding hydrogens is 215 g/mol. The van der Waals surface area contributed by atoms with E-state index in [1.54, 1.807) is 0 Å². The molecule has 0 unspecified atom stereocenters. The van der Waals surface area contributed by atoms with Crippen LogP contribution in [0.3, 0.4) is 0 Å². The molecule has 1 aromatic rings. The molecule has 1 rings (SSSR count). The van der Waals surface area contributed by atoms with Gasteiger partial charge in [-0.05, 0) is 0 Å². The Kier molecular flexibility index (Phi) is 2.78. The molecule has 0 aliphatic rings. The summed E-state index contributed by atoms with van der Waals surface area (Å²) in [6.45, 7) is 0. The molecule has 1 heterocycles. The van der Waals surface area contributed by atoms with Crippen molar-refractivity contribution in [2.45, 2.75) is 6.18 Å². The van der Waals surface area contributed by atoms with Crippen molar-refractivity contribution in [1.29, 1.82) is 0 Å². The van der Waals surface area contributed by atoms with Gasteiger partial charge in [0.25, 0.3) is 0 Å². The monoisotopic (exact) mass is 221 g/mol. The van der Waals surface area contributed by atoms with Crippen LogP contribution in [0.15, 0.2) is 12.4 Å². The fourth-order valence-corrected chi connectivity index (χ4v) is 1.06. The Morgan fingerprint density at radius 3 is 2.67 bits per heavy atom. The first-order valence-corrected chi connectivity index (χ1v) is 3.73. The largest absolute Gasteiger partial charge is 0.433 e. The fourth-order valence-electron chi connectivity index (χ4n) is 1.06. The highest BCUT2D eigenvalue weighted by Crippen LogP contribution is 2.31. The zero-order chi connectivity index (χ0) is 11.6. The smallest absolute Gasteiger partial charge is 0.263 e. The minimum Gasteiger partial charge on any atom is -0.263 e. The lowest BCUT2D eigenvalue weighted by atomic mass is 10.2. The number of alkyl halides is 3. The van der Waals surface area contributed by atoms with Crippen molar-refractivity contribution in [3.8, 4) is 0 Å². The second kappa shape index (κ2) is 3.71. The molecule has 0 spiro atoms. The highest BCUT2D eigenvalue weighted by molar-refractivity contribution is 5.50. The van der Waals surface area contributed by atoms with E-state index in [0.717, 1.165) is 19.3 Å². The summed E-state index contributed by atoms with van der Waals surface area (Å²) in [6.07, 6.45) is -2.47. The van der Waals surface area contributed by atoms with Gasteiger partial charge >= 0.3 is 6.18 Å². The highest BCUT2D eigenvalue weighted by atomic mass is 19.4. The van der Waals surface area contributed by atoms with Gasteiger partial charge in [0.2, 0.25) is 6.20 Å². The Hall–Kier alpha value is -1.86. The SMILES string of the molecule is Cn1ncc(/C=C/[N+](=O)[O-])c1C(F)(F)F. The molecule has 15 heavy (non-hydrogen) atoms. The molecule has 0 atom stereocenters. The van der Waals surface area contributed by atoms with Gasteiger partial charge in [-0.2, -0.15) is 18.3 Å². The van der Waals surface area contributed by atoms with Crippen molar-refractivity contribution in [3.05, 3.63) is 33.8 Å². The minimum atomic E-state index is -4.58. The minimum absolute atomic E-state index is 0.332.